The third kappa shape index (κ3) is 2.04. The maximum Gasteiger partial charge on any atom is 0.136 e. The van der Waals surface area contributed by atoms with Crippen LogP contribution in [-0.4, -0.2) is 14.0 Å². The van der Waals surface area contributed by atoms with Crippen LogP contribution in [0.4, 0.5) is 0 Å². The molecule has 0 aliphatic rings. The minimum Gasteiger partial charge on any atom is -0.348 e. The van der Waals surface area contributed by atoms with Crippen molar-refractivity contribution in [2.24, 2.45) is 0 Å². The SMILES string of the molecule is CCCc1ccn(Cc2cnc3ccccn23)c1. The van der Waals surface area contributed by atoms with Gasteiger partial charge >= 0.3 is 0 Å². The first-order valence-corrected chi connectivity index (χ1v) is 6.42. The zero-order valence-corrected chi connectivity index (χ0v) is 10.6. The van der Waals surface area contributed by atoms with E-state index in [9.17, 15) is 0 Å². The molecule has 0 aliphatic heterocycles. The summed E-state index contributed by atoms with van der Waals surface area (Å²) in [5.41, 5.74) is 3.63. The fourth-order valence-electron chi connectivity index (χ4n) is 2.31. The molecule has 0 fully saturated rings. The molecule has 18 heavy (non-hydrogen) atoms. The molecule has 3 heterocycles. The number of aromatic nitrogens is 3. The number of rotatable bonds is 4. The van der Waals surface area contributed by atoms with E-state index < -0.39 is 0 Å². The normalized spacial score (nSPS) is 11.2. The molecular formula is C15H17N3. The topological polar surface area (TPSA) is 22.2 Å². The van der Waals surface area contributed by atoms with Crippen molar-refractivity contribution in [1.82, 2.24) is 14.0 Å². The highest BCUT2D eigenvalue weighted by Crippen LogP contribution is 2.10. The Hall–Kier alpha value is -2.03. The number of fused-ring (bicyclic) bond motifs is 1. The molecule has 0 aromatic carbocycles. The summed E-state index contributed by atoms with van der Waals surface area (Å²) in [5, 5.41) is 0. The summed E-state index contributed by atoms with van der Waals surface area (Å²) in [6, 6.07) is 8.28. The molecule has 3 aromatic rings. The number of hydrogen-bond acceptors (Lipinski definition) is 1. The maximum absolute atomic E-state index is 4.41. The zero-order valence-electron chi connectivity index (χ0n) is 10.6. The number of imidazole rings is 1. The van der Waals surface area contributed by atoms with E-state index in [0.717, 1.165) is 18.6 Å². The highest BCUT2D eigenvalue weighted by molar-refractivity contribution is 5.39. The lowest BCUT2D eigenvalue weighted by Crippen LogP contribution is -2.00. The van der Waals surface area contributed by atoms with E-state index in [4.69, 9.17) is 0 Å². The summed E-state index contributed by atoms with van der Waals surface area (Å²) in [6.07, 6.45) is 10.7. The molecule has 0 saturated carbocycles. The van der Waals surface area contributed by atoms with Gasteiger partial charge in [-0.05, 0) is 30.2 Å². The van der Waals surface area contributed by atoms with E-state index in [1.165, 1.54) is 17.7 Å². The quantitative estimate of drug-likeness (QED) is 0.685. The Kier molecular flexibility index (Phi) is 2.89. The van der Waals surface area contributed by atoms with E-state index >= 15 is 0 Å². The molecule has 0 unspecified atom stereocenters. The molecule has 92 valence electrons. The lowest BCUT2D eigenvalue weighted by molar-refractivity contribution is 0.767. The smallest absolute Gasteiger partial charge is 0.136 e. The average molecular weight is 239 g/mol. The molecule has 0 spiro atoms. The number of pyridine rings is 1. The van der Waals surface area contributed by atoms with Gasteiger partial charge in [0.15, 0.2) is 0 Å². The minimum absolute atomic E-state index is 0.870. The highest BCUT2D eigenvalue weighted by Gasteiger charge is 2.03. The molecule has 0 aliphatic carbocycles. The van der Waals surface area contributed by atoms with Gasteiger partial charge in [0.05, 0.1) is 18.4 Å². The van der Waals surface area contributed by atoms with Gasteiger partial charge in [-0.25, -0.2) is 4.98 Å². The largest absolute Gasteiger partial charge is 0.348 e. The van der Waals surface area contributed by atoms with Crippen molar-refractivity contribution < 1.29 is 0 Å². The molecule has 0 atom stereocenters. The Balaban J connectivity index is 1.87. The Morgan fingerprint density at radius 3 is 3.00 bits per heavy atom. The van der Waals surface area contributed by atoms with Crippen molar-refractivity contribution in [3.8, 4) is 0 Å². The highest BCUT2D eigenvalue weighted by atomic mass is 15.0. The Morgan fingerprint density at radius 1 is 1.17 bits per heavy atom. The van der Waals surface area contributed by atoms with Crippen molar-refractivity contribution in [1.29, 1.82) is 0 Å². The summed E-state index contributed by atoms with van der Waals surface area (Å²) < 4.78 is 4.36. The molecule has 0 N–H and O–H groups in total. The Labute approximate surface area is 107 Å². The molecule has 3 rings (SSSR count). The Morgan fingerprint density at radius 2 is 2.11 bits per heavy atom. The van der Waals surface area contributed by atoms with Gasteiger partial charge in [-0.15, -0.1) is 0 Å². The number of nitrogens with zero attached hydrogens (tertiary/aromatic N) is 3. The van der Waals surface area contributed by atoms with E-state index in [2.05, 4.69) is 45.5 Å². The summed E-state index contributed by atoms with van der Waals surface area (Å²) in [4.78, 5) is 4.41. The molecule has 0 amide bonds. The van der Waals surface area contributed by atoms with Gasteiger partial charge in [-0.1, -0.05) is 19.4 Å². The van der Waals surface area contributed by atoms with Crippen LogP contribution in [0.3, 0.4) is 0 Å². The molecule has 0 bridgehead atoms. The van der Waals surface area contributed by atoms with Crippen LogP contribution in [-0.2, 0) is 13.0 Å². The van der Waals surface area contributed by atoms with Crippen molar-refractivity contribution in [2.45, 2.75) is 26.3 Å². The Bertz CT molecular complexity index is 648. The van der Waals surface area contributed by atoms with Crippen LogP contribution in [0.2, 0.25) is 0 Å². The summed E-state index contributed by atoms with van der Waals surface area (Å²) in [7, 11) is 0. The second-order valence-corrected chi connectivity index (χ2v) is 4.62. The average Bonchev–Trinajstić information content (AvgIpc) is 2.99. The number of aryl methyl sites for hydroxylation is 1. The lowest BCUT2D eigenvalue weighted by atomic mass is 10.2. The van der Waals surface area contributed by atoms with Crippen molar-refractivity contribution in [3.05, 3.63) is 60.3 Å². The molecule has 3 aromatic heterocycles. The fraction of sp³-hybridized carbons (Fsp3) is 0.267. The first kappa shape index (κ1) is 11.1. The van der Waals surface area contributed by atoms with Gasteiger partial charge in [-0.3, -0.25) is 0 Å². The predicted octanol–water partition coefficient (Wildman–Crippen LogP) is 3.14. The van der Waals surface area contributed by atoms with Gasteiger partial charge in [-0.2, -0.15) is 0 Å². The van der Waals surface area contributed by atoms with Crippen LogP contribution in [0.1, 0.15) is 24.6 Å². The fourth-order valence-corrected chi connectivity index (χ4v) is 2.31. The second kappa shape index (κ2) is 4.69. The van der Waals surface area contributed by atoms with Crippen molar-refractivity contribution in [3.63, 3.8) is 0 Å². The van der Waals surface area contributed by atoms with Crippen molar-refractivity contribution >= 4 is 5.65 Å². The lowest BCUT2D eigenvalue weighted by Gasteiger charge is -2.03. The van der Waals surface area contributed by atoms with Crippen LogP contribution >= 0.6 is 0 Å². The zero-order chi connectivity index (χ0) is 12.4. The van der Waals surface area contributed by atoms with E-state index in [0.29, 0.717) is 0 Å². The first-order valence-electron chi connectivity index (χ1n) is 6.42. The van der Waals surface area contributed by atoms with Crippen LogP contribution in [0.5, 0.6) is 0 Å². The minimum atomic E-state index is 0.870. The van der Waals surface area contributed by atoms with Gasteiger partial charge in [0.1, 0.15) is 5.65 Å². The third-order valence-corrected chi connectivity index (χ3v) is 3.19. The summed E-state index contributed by atoms with van der Waals surface area (Å²) >= 11 is 0. The third-order valence-electron chi connectivity index (χ3n) is 3.19. The molecule has 0 radical (unpaired) electrons. The maximum atomic E-state index is 4.41. The molecule has 0 saturated heterocycles. The predicted molar refractivity (Wildman–Crippen MR) is 72.7 cm³/mol. The summed E-state index contributed by atoms with van der Waals surface area (Å²) in [5.74, 6) is 0. The van der Waals surface area contributed by atoms with Gasteiger partial charge in [0.25, 0.3) is 0 Å². The standard InChI is InChI=1S/C15H17N3/c1-2-5-13-7-9-17(11-13)12-14-10-16-15-6-3-4-8-18(14)15/h3-4,6-11H,2,5,12H2,1H3. The van der Waals surface area contributed by atoms with E-state index in [-0.39, 0.29) is 0 Å². The van der Waals surface area contributed by atoms with Gasteiger partial charge in [0, 0.05) is 18.6 Å². The summed E-state index contributed by atoms with van der Waals surface area (Å²) in [6.45, 7) is 3.08. The molecule has 3 heteroatoms. The van der Waals surface area contributed by atoms with E-state index in [1.807, 2.05) is 24.4 Å². The molecule has 3 nitrogen and oxygen atoms in total. The van der Waals surface area contributed by atoms with Crippen molar-refractivity contribution in [2.75, 3.05) is 0 Å². The van der Waals surface area contributed by atoms with Crippen LogP contribution in [0.15, 0.2) is 49.1 Å². The van der Waals surface area contributed by atoms with Crippen LogP contribution < -0.4 is 0 Å². The monoisotopic (exact) mass is 239 g/mol. The number of hydrogen-bond donors (Lipinski definition) is 0. The van der Waals surface area contributed by atoms with E-state index in [1.54, 1.807) is 0 Å². The van der Waals surface area contributed by atoms with Gasteiger partial charge in [0.2, 0.25) is 0 Å². The molecular weight excluding hydrogens is 222 g/mol. The van der Waals surface area contributed by atoms with Gasteiger partial charge < -0.3 is 8.97 Å². The van der Waals surface area contributed by atoms with Crippen LogP contribution in [0.25, 0.3) is 5.65 Å². The van der Waals surface area contributed by atoms with Crippen LogP contribution in [0, 0.1) is 0 Å². The first-order chi connectivity index (χ1) is 8.86. The second-order valence-electron chi connectivity index (χ2n) is 4.62.